The number of anilines is 1. The molecule has 0 saturated heterocycles. The molecule has 1 fully saturated rings. The molecule has 0 bridgehead atoms. The van der Waals surface area contributed by atoms with Crippen LogP contribution < -0.4 is 11.1 Å². The fourth-order valence-electron chi connectivity index (χ4n) is 3.11. The highest BCUT2D eigenvalue weighted by molar-refractivity contribution is 8.00. The Bertz CT molecular complexity index is 767. The van der Waals surface area contributed by atoms with Crippen molar-refractivity contribution in [3.63, 3.8) is 0 Å². The lowest BCUT2D eigenvalue weighted by Crippen LogP contribution is -2.34. The lowest BCUT2D eigenvalue weighted by atomic mass is 9.99. The number of fused-ring (bicyclic) bond motifs is 1. The van der Waals surface area contributed by atoms with Crippen LogP contribution in [0.5, 0.6) is 0 Å². The molecule has 1 aromatic heterocycles. The minimum absolute atomic E-state index is 0.0118. The van der Waals surface area contributed by atoms with Crippen LogP contribution in [0.2, 0.25) is 0 Å². The number of rotatable bonds is 2. The number of carbonyl (C=O) groups excluding carboxylic acids is 1. The van der Waals surface area contributed by atoms with E-state index < -0.39 is 5.54 Å². The van der Waals surface area contributed by atoms with Gasteiger partial charge in [0.1, 0.15) is 0 Å². The SMILES string of the molecule is CC1Sc2ccc(-c3nc(C4(N)CCCC4)no3)cc2NC1=O. The van der Waals surface area contributed by atoms with Gasteiger partial charge in [0.05, 0.1) is 16.5 Å². The molecule has 1 unspecified atom stereocenters. The minimum Gasteiger partial charge on any atom is -0.334 e. The van der Waals surface area contributed by atoms with Gasteiger partial charge in [0.15, 0.2) is 5.82 Å². The number of hydrogen-bond acceptors (Lipinski definition) is 6. The van der Waals surface area contributed by atoms with E-state index >= 15 is 0 Å². The van der Waals surface area contributed by atoms with Crippen molar-refractivity contribution in [2.75, 3.05) is 5.32 Å². The van der Waals surface area contributed by atoms with E-state index in [1.807, 2.05) is 25.1 Å². The predicted octanol–water partition coefficient (Wildman–Crippen LogP) is 2.90. The van der Waals surface area contributed by atoms with Gasteiger partial charge in [-0.15, -0.1) is 11.8 Å². The molecule has 0 radical (unpaired) electrons. The number of nitrogens with zero attached hydrogens (tertiary/aromatic N) is 2. The first kappa shape index (κ1) is 14.7. The van der Waals surface area contributed by atoms with Crippen LogP contribution in [-0.2, 0) is 10.3 Å². The maximum Gasteiger partial charge on any atom is 0.258 e. The molecule has 4 rings (SSSR count). The Balaban J connectivity index is 1.65. The van der Waals surface area contributed by atoms with Gasteiger partial charge in [0.2, 0.25) is 5.91 Å². The highest BCUT2D eigenvalue weighted by Crippen LogP contribution is 2.39. The minimum atomic E-state index is -0.463. The van der Waals surface area contributed by atoms with Crippen molar-refractivity contribution in [1.29, 1.82) is 0 Å². The summed E-state index contributed by atoms with van der Waals surface area (Å²) in [6, 6.07) is 5.79. The molecule has 120 valence electrons. The van der Waals surface area contributed by atoms with Crippen LogP contribution in [0.3, 0.4) is 0 Å². The summed E-state index contributed by atoms with van der Waals surface area (Å²) in [5.74, 6) is 1.03. The number of thioether (sulfide) groups is 1. The summed E-state index contributed by atoms with van der Waals surface area (Å²) in [6.45, 7) is 1.89. The standard InChI is InChI=1S/C16H18N4O2S/c1-9-13(21)18-11-8-10(4-5-12(11)23-9)14-19-15(20-22-14)16(17)6-2-3-7-16/h4-5,8-9H,2-3,6-7,17H2,1H3,(H,18,21). The second-order valence-electron chi connectivity index (χ2n) is 6.25. The first-order chi connectivity index (χ1) is 11.0. The largest absolute Gasteiger partial charge is 0.334 e. The average molecular weight is 330 g/mol. The van der Waals surface area contributed by atoms with E-state index in [1.54, 1.807) is 11.8 Å². The molecule has 23 heavy (non-hydrogen) atoms. The van der Waals surface area contributed by atoms with Crippen molar-refractivity contribution in [3.05, 3.63) is 24.0 Å². The maximum absolute atomic E-state index is 11.8. The van der Waals surface area contributed by atoms with Crippen molar-refractivity contribution in [2.24, 2.45) is 5.73 Å². The van der Waals surface area contributed by atoms with E-state index in [4.69, 9.17) is 10.3 Å². The third-order valence-corrected chi connectivity index (χ3v) is 5.70. The molecule has 0 spiro atoms. The van der Waals surface area contributed by atoms with Gasteiger partial charge < -0.3 is 15.6 Å². The van der Waals surface area contributed by atoms with Gasteiger partial charge in [-0.25, -0.2) is 0 Å². The zero-order valence-corrected chi connectivity index (χ0v) is 13.7. The Kier molecular flexibility index (Phi) is 3.42. The number of hydrogen-bond donors (Lipinski definition) is 2. The highest BCUT2D eigenvalue weighted by atomic mass is 32.2. The zero-order chi connectivity index (χ0) is 16.0. The van der Waals surface area contributed by atoms with Gasteiger partial charge in [-0.2, -0.15) is 4.98 Å². The number of amides is 1. The van der Waals surface area contributed by atoms with Crippen LogP contribution >= 0.6 is 11.8 Å². The van der Waals surface area contributed by atoms with Crippen LogP contribution in [0.4, 0.5) is 5.69 Å². The third kappa shape index (κ3) is 2.53. The monoisotopic (exact) mass is 330 g/mol. The van der Waals surface area contributed by atoms with Crippen LogP contribution in [0.15, 0.2) is 27.6 Å². The van der Waals surface area contributed by atoms with Gasteiger partial charge in [-0.1, -0.05) is 18.0 Å². The van der Waals surface area contributed by atoms with E-state index in [-0.39, 0.29) is 11.2 Å². The van der Waals surface area contributed by atoms with Gasteiger partial charge in [-0.05, 0) is 38.0 Å². The van der Waals surface area contributed by atoms with Crippen molar-refractivity contribution in [3.8, 4) is 11.5 Å². The Morgan fingerprint density at radius 1 is 1.39 bits per heavy atom. The number of nitrogens with one attached hydrogen (secondary N) is 1. The van der Waals surface area contributed by atoms with E-state index in [0.717, 1.165) is 41.8 Å². The van der Waals surface area contributed by atoms with E-state index in [0.29, 0.717) is 11.7 Å². The molecule has 6 nitrogen and oxygen atoms in total. The highest BCUT2D eigenvalue weighted by Gasteiger charge is 2.36. The number of aromatic nitrogens is 2. The van der Waals surface area contributed by atoms with Gasteiger partial charge in [0.25, 0.3) is 5.89 Å². The molecular weight excluding hydrogens is 312 g/mol. The molecule has 1 aromatic carbocycles. The Morgan fingerprint density at radius 2 is 2.17 bits per heavy atom. The third-order valence-electron chi connectivity index (χ3n) is 4.52. The Morgan fingerprint density at radius 3 is 2.96 bits per heavy atom. The van der Waals surface area contributed by atoms with Gasteiger partial charge in [-0.3, -0.25) is 4.79 Å². The van der Waals surface area contributed by atoms with Crippen molar-refractivity contribution >= 4 is 23.4 Å². The summed E-state index contributed by atoms with van der Waals surface area (Å²) in [5, 5.41) is 6.92. The van der Waals surface area contributed by atoms with Crippen molar-refractivity contribution in [2.45, 2.75) is 48.3 Å². The molecule has 2 aliphatic rings. The van der Waals surface area contributed by atoms with E-state index in [1.165, 1.54) is 0 Å². The van der Waals surface area contributed by atoms with Crippen molar-refractivity contribution < 1.29 is 9.32 Å². The summed E-state index contributed by atoms with van der Waals surface area (Å²) in [6.07, 6.45) is 3.98. The molecule has 1 amide bonds. The van der Waals surface area contributed by atoms with Crippen LogP contribution in [-0.4, -0.2) is 21.3 Å². The van der Waals surface area contributed by atoms with Crippen LogP contribution in [0, 0.1) is 0 Å². The lowest BCUT2D eigenvalue weighted by molar-refractivity contribution is -0.115. The first-order valence-electron chi connectivity index (χ1n) is 7.80. The van der Waals surface area contributed by atoms with Crippen LogP contribution in [0.1, 0.15) is 38.4 Å². The number of carbonyl (C=O) groups is 1. The topological polar surface area (TPSA) is 94.0 Å². The molecule has 1 saturated carbocycles. The summed E-state index contributed by atoms with van der Waals surface area (Å²) >= 11 is 1.55. The quantitative estimate of drug-likeness (QED) is 0.879. The summed E-state index contributed by atoms with van der Waals surface area (Å²) in [4.78, 5) is 17.4. The lowest BCUT2D eigenvalue weighted by Gasteiger charge is -2.21. The molecule has 7 heteroatoms. The molecule has 3 N–H and O–H groups in total. The zero-order valence-electron chi connectivity index (χ0n) is 12.8. The second kappa shape index (κ2) is 5.35. The normalized spacial score (nSPS) is 22.7. The Labute approximate surface area is 138 Å². The fourth-order valence-corrected chi connectivity index (χ4v) is 4.04. The summed E-state index contributed by atoms with van der Waals surface area (Å²) in [5.41, 5.74) is 7.49. The number of benzene rings is 1. The molecule has 1 aliphatic carbocycles. The van der Waals surface area contributed by atoms with E-state index in [2.05, 4.69) is 15.5 Å². The first-order valence-corrected chi connectivity index (χ1v) is 8.68. The fraction of sp³-hybridized carbons (Fsp3) is 0.438. The summed E-state index contributed by atoms with van der Waals surface area (Å²) < 4.78 is 5.41. The Hall–Kier alpha value is -1.86. The molecule has 1 aliphatic heterocycles. The molecular formula is C16H18N4O2S. The van der Waals surface area contributed by atoms with Crippen molar-refractivity contribution in [1.82, 2.24) is 10.1 Å². The predicted molar refractivity (Wildman–Crippen MR) is 88.0 cm³/mol. The van der Waals surface area contributed by atoms with E-state index in [9.17, 15) is 4.79 Å². The molecule has 2 heterocycles. The van der Waals surface area contributed by atoms with Crippen LogP contribution in [0.25, 0.3) is 11.5 Å². The molecule has 2 aromatic rings. The van der Waals surface area contributed by atoms with Gasteiger partial charge in [0, 0.05) is 10.5 Å². The smallest absolute Gasteiger partial charge is 0.258 e. The van der Waals surface area contributed by atoms with Gasteiger partial charge >= 0.3 is 0 Å². The number of nitrogens with two attached hydrogens (primary N) is 1. The maximum atomic E-state index is 11.8. The second-order valence-corrected chi connectivity index (χ2v) is 7.63. The average Bonchev–Trinajstić information content (AvgIpc) is 3.18. The molecule has 1 atom stereocenters. The summed E-state index contributed by atoms with van der Waals surface area (Å²) in [7, 11) is 0.